The zero-order valence-electron chi connectivity index (χ0n) is 17.5. The molecule has 1 heterocycles. The molecule has 1 aliphatic heterocycles. The van der Waals surface area contributed by atoms with Gasteiger partial charge < -0.3 is 35.0 Å². The van der Waals surface area contributed by atoms with Crippen molar-refractivity contribution in [3.8, 4) is 5.75 Å². The maximum Gasteiger partial charge on any atom is 0.229 e. The van der Waals surface area contributed by atoms with Crippen LogP contribution in [0.2, 0.25) is 0 Å². The minimum Gasteiger partial charge on any atom is -0.462 e. The summed E-state index contributed by atoms with van der Waals surface area (Å²) in [5.74, 6) is 1.08. The zero-order valence-corrected chi connectivity index (χ0v) is 17.5. The van der Waals surface area contributed by atoms with Crippen molar-refractivity contribution in [3.05, 3.63) is 64.7 Å². The molecule has 2 aliphatic rings. The molecule has 0 radical (unpaired) electrons. The SMILES string of the molecule is C[C@@H](O)[C@H]1O[C@@H](Oc2cc(CO)ccc2Cc2ccc(C3CC3)cc2)[C@H](O)[C@@H](O)[C@@H]1O. The van der Waals surface area contributed by atoms with E-state index in [2.05, 4.69) is 24.3 Å². The van der Waals surface area contributed by atoms with Crippen LogP contribution in [0.3, 0.4) is 0 Å². The third kappa shape index (κ3) is 4.92. The van der Waals surface area contributed by atoms with Gasteiger partial charge in [-0.3, -0.25) is 0 Å². The molecule has 0 aromatic heterocycles. The number of rotatable bonds is 7. The maximum absolute atomic E-state index is 10.4. The first-order valence-corrected chi connectivity index (χ1v) is 10.7. The normalized spacial score (nSPS) is 29.5. The molecule has 5 N–H and O–H groups in total. The summed E-state index contributed by atoms with van der Waals surface area (Å²) >= 11 is 0. The summed E-state index contributed by atoms with van der Waals surface area (Å²) in [5, 5.41) is 50.0. The van der Waals surface area contributed by atoms with E-state index < -0.39 is 36.8 Å². The number of benzene rings is 2. The van der Waals surface area contributed by atoms with Gasteiger partial charge >= 0.3 is 0 Å². The van der Waals surface area contributed by atoms with Crippen molar-refractivity contribution < 1.29 is 35.0 Å². The number of hydrogen-bond donors (Lipinski definition) is 5. The van der Waals surface area contributed by atoms with E-state index in [1.807, 2.05) is 6.07 Å². The minimum absolute atomic E-state index is 0.182. The molecule has 1 saturated heterocycles. The van der Waals surface area contributed by atoms with E-state index >= 15 is 0 Å². The zero-order chi connectivity index (χ0) is 22.1. The lowest BCUT2D eigenvalue weighted by atomic mass is 9.96. The van der Waals surface area contributed by atoms with Crippen molar-refractivity contribution >= 4 is 0 Å². The van der Waals surface area contributed by atoms with E-state index in [4.69, 9.17) is 9.47 Å². The van der Waals surface area contributed by atoms with Crippen LogP contribution in [-0.2, 0) is 17.8 Å². The number of ether oxygens (including phenoxy) is 2. The van der Waals surface area contributed by atoms with Gasteiger partial charge in [-0.15, -0.1) is 0 Å². The minimum atomic E-state index is -1.53. The Morgan fingerprint density at radius 2 is 1.65 bits per heavy atom. The molecular weight excluding hydrogens is 400 g/mol. The first-order valence-electron chi connectivity index (χ1n) is 10.7. The van der Waals surface area contributed by atoms with Crippen molar-refractivity contribution in [1.82, 2.24) is 0 Å². The molecule has 0 spiro atoms. The van der Waals surface area contributed by atoms with Crippen LogP contribution in [0.25, 0.3) is 0 Å². The highest BCUT2D eigenvalue weighted by molar-refractivity contribution is 5.41. The van der Waals surface area contributed by atoms with Crippen molar-refractivity contribution in [2.75, 3.05) is 0 Å². The Balaban J connectivity index is 1.56. The molecule has 2 fully saturated rings. The molecule has 7 heteroatoms. The lowest BCUT2D eigenvalue weighted by Gasteiger charge is -2.41. The van der Waals surface area contributed by atoms with Gasteiger partial charge in [-0.1, -0.05) is 36.4 Å². The summed E-state index contributed by atoms with van der Waals surface area (Å²) in [4.78, 5) is 0. The number of hydrogen-bond acceptors (Lipinski definition) is 7. The monoisotopic (exact) mass is 430 g/mol. The highest BCUT2D eigenvalue weighted by Crippen LogP contribution is 2.40. The fourth-order valence-electron chi connectivity index (χ4n) is 3.99. The van der Waals surface area contributed by atoms with Gasteiger partial charge in [-0.05, 0) is 54.0 Å². The van der Waals surface area contributed by atoms with Gasteiger partial charge in [-0.2, -0.15) is 0 Å². The molecule has 1 aliphatic carbocycles. The maximum atomic E-state index is 10.4. The van der Waals surface area contributed by atoms with Gasteiger partial charge in [0.25, 0.3) is 0 Å². The Morgan fingerprint density at radius 1 is 0.968 bits per heavy atom. The number of aliphatic hydroxyl groups excluding tert-OH is 5. The predicted molar refractivity (Wildman–Crippen MR) is 113 cm³/mol. The Bertz CT molecular complexity index is 878. The third-order valence-corrected chi connectivity index (χ3v) is 6.06. The van der Waals surface area contributed by atoms with Crippen LogP contribution in [0.4, 0.5) is 0 Å². The standard InChI is InChI=1S/C24H30O7/c1-13(26)23-21(28)20(27)22(29)24(31-23)30-19-11-15(12-25)4-7-18(19)10-14-2-5-16(6-3-14)17-8-9-17/h2-7,11,13,17,20-29H,8-10,12H2,1H3/t13-,20+,21+,22-,23-,24-/m1/s1. The van der Waals surface area contributed by atoms with E-state index in [0.29, 0.717) is 23.7 Å². The van der Waals surface area contributed by atoms with Gasteiger partial charge in [0, 0.05) is 6.42 Å². The summed E-state index contributed by atoms with van der Waals surface area (Å²) in [6, 6.07) is 13.8. The molecular formula is C24H30O7. The van der Waals surface area contributed by atoms with Gasteiger partial charge in [0.15, 0.2) is 0 Å². The van der Waals surface area contributed by atoms with Gasteiger partial charge in [-0.25, -0.2) is 0 Å². The topological polar surface area (TPSA) is 120 Å². The third-order valence-electron chi connectivity index (χ3n) is 6.06. The molecule has 0 bridgehead atoms. The van der Waals surface area contributed by atoms with Crippen LogP contribution in [0.5, 0.6) is 5.75 Å². The highest BCUT2D eigenvalue weighted by atomic mass is 16.7. The number of aliphatic hydroxyl groups is 5. The Hall–Kier alpha value is -2.00. The van der Waals surface area contributed by atoms with Crippen molar-refractivity contribution in [1.29, 1.82) is 0 Å². The van der Waals surface area contributed by atoms with E-state index in [1.165, 1.54) is 25.3 Å². The molecule has 168 valence electrons. The summed E-state index contributed by atoms with van der Waals surface area (Å²) in [5.41, 5.74) is 3.89. The second-order valence-electron chi connectivity index (χ2n) is 8.59. The molecule has 4 rings (SSSR count). The molecule has 31 heavy (non-hydrogen) atoms. The van der Waals surface area contributed by atoms with Crippen LogP contribution in [0.1, 0.15) is 47.9 Å². The van der Waals surface area contributed by atoms with Gasteiger partial charge in [0.05, 0.1) is 12.7 Å². The molecule has 2 aromatic carbocycles. The van der Waals surface area contributed by atoms with Gasteiger partial charge in [0.2, 0.25) is 6.29 Å². The lowest BCUT2D eigenvalue weighted by molar-refractivity contribution is -0.286. The average molecular weight is 430 g/mol. The highest BCUT2D eigenvalue weighted by Gasteiger charge is 2.46. The first-order chi connectivity index (χ1) is 14.9. The van der Waals surface area contributed by atoms with Gasteiger partial charge in [0.1, 0.15) is 30.2 Å². The summed E-state index contributed by atoms with van der Waals surface area (Å²) in [6.07, 6.45) is -4.88. The van der Waals surface area contributed by atoms with E-state index in [9.17, 15) is 25.5 Å². The molecule has 0 amide bonds. The summed E-state index contributed by atoms with van der Waals surface area (Å²) in [6.45, 7) is 1.25. The van der Waals surface area contributed by atoms with Crippen LogP contribution >= 0.6 is 0 Å². The quantitative estimate of drug-likeness (QED) is 0.448. The largest absolute Gasteiger partial charge is 0.462 e. The van der Waals surface area contributed by atoms with E-state index in [0.717, 1.165) is 11.1 Å². The van der Waals surface area contributed by atoms with Crippen LogP contribution in [0, 0.1) is 0 Å². The second-order valence-corrected chi connectivity index (χ2v) is 8.59. The van der Waals surface area contributed by atoms with Crippen molar-refractivity contribution in [2.24, 2.45) is 0 Å². The van der Waals surface area contributed by atoms with Crippen molar-refractivity contribution in [3.63, 3.8) is 0 Å². The summed E-state index contributed by atoms with van der Waals surface area (Å²) < 4.78 is 11.5. The van der Waals surface area contributed by atoms with Crippen LogP contribution in [-0.4, -0.2) is 62.3 Å². The molecule has 1 saturated carbocycles. The van der Waals surface area contributed by atoms with E-state index in [1.54, 1.807) is 12.1 Å². The van der Waals surface area contributed by atoms with E-state index in [-0.39, 0.29) is 6.61 Å². The first kappa shape index (κ1) is 22.2. The molecule has 7 nitrogen and oxygen atoms in total. The second kappa shape index (κ2) is 9.24. The lowest BCUT2D eigenvalue weighted by Crippen LogP contribution is -2.61. The van der Waals surface area contributed by atoms with Crippen LogP contribution < -0.4 is 4.74 Å². The Kier molecular flexibility index (Phi) is 6.62. The predicted octanol–water partition coefficient (Wildman–Crippen LogP) is 1.21. The van der Waals surface area contributed by atoms with Crippen molar-refractivity contribution in [2.45, 2.75) is 75.5 Å². The molecule has 6 atom stereocenters. The average Bonchev–Trinajstić information content (AvgIpc) is 3.61. The summed E-state index contributed by atoms with van der Waals surface area (Å²) in [7, 11) is 0. The molecule has 2 aromatic rings. The Labute approximate surface area is 181 Å². The molecule has 0 unspecified atom stereocenters. The Morgan fingerprint density at radius 3 is 2.26 bits per heavy atom. The smallest absolute Gasteiger partial charge is 0.229 e. The van der Waals surface area contributed by atoms with Crippen LogP contribution in [0.15, 0.2) is 42.5 Å². The fourth-order valence-corrected chi connectivity index (χ4v) is 3.99. The fraction of sp³-hybridized carbons (Fsp3) is 0.500.